The molecule has 9 nitrogen and oxygen atoms in total. The minimum atomic E-state index is -0.560. The van der Waals surface area contributed by atoms with Gasteiger partial charge in [-0.25, -0.2) is 9.37 Å². The minimum absolute atomic E-state index is 0.0861. The normalized spacial score (nSPS) is 18.6. The Bertz CT molecular complexity index is 1050. The highest BCUT2D eigenvalue weighted by atomic mass is 19.1. The van der Waals surface area contributed by atoms with E-state index in [1.807, 2.05) is 24.3 Å². The van der Waals surface area contributed by atoms with Crippen molar-refractivity contribution in [3.8, 4) is 5.75 Å². The number of hydrogen-bond donors (Lipinski definition) is 2. The lowest BCUT2D eigenvalue weighted by molar-refractivity contribution is -0.127. The molecule has 0 bridgehead atoms. The van der Waals surface area contributed by atoms with Crippen molar-refractivity contribution in [1.82, 2.24) is 19.8 Å². The third kappa shape index (κ3) is 6.28. The van der Waals surface area contributed by atoms with Crippen LogP contribution < -0.4 is 15.4 Å². The largest absolute Gasteiger partial charge is 0.492 e. The standard InChI is InChI=1S/C24H29FN6O3/c1-2-22(33)31-9-4-6-18(15-31)27-23-21(25)14-26-24(29-23)28-17-5-3-7-20(13-17)34-12-11-30-10-8-19(32)16-30/h2-3,5,7,13-14,18H,1,4,6,8-12,15-16H2,(H2,26,27,28,29)/t18-/m1/s1. The summed E-state index contributed by atoms with van der Waals surface area (Å²) in [5.74, 6) is 0.577. The van der Waals surface area contributed by atoms with Gasteiger partial charge >= 0.3 is 0 Å². The molecule has 0 spiro atoms. The molecule has 2 saturated heterocycles. The van der Waals surface area contributed by atoms with E-state index in [2.05, 4.69) is 32.1 Å². The number of nitrogens with zero attached hydrogens (tertiary/aromatic N) is 4. The molecule has 34 heavy (non-hydrogen) atoms. The molecule has 0 saturated carbocycles. The molecule has 2 fully saturated rings. The fraction of sp³-hybridized carbons (Fsp3) is 0.417. The van der Waals surface area contributed by atoms with E-state index in [9.17, 15) is 14.0 Å². The molecule has 2 N–H and O–H groups in total. The fourth-order valence-corrected chi connectivity index (χ4v) is 4.11. The van der Waals surface area contributed by atoms with Crippen molar-refractivity contribution in [3.63, 3.8) is 0 Å². The highest BCUT2D eigenvalue weighted by Crippen LogP contribution is 2.23. The molecule has 1 aromatic heterocycles. The Hall–Kier alpha value is -3.53. The molecule has 180 valence electrons. The first-order valence-corrected chi connectivity index (χ1v) is 11.4. The summed E-state index contributed by atoms with van der Waals surface area (Å²) in [5.41, 5.74) is 0.701. The molecule has 1 atom stereocenters. The maximum Gasteiger partial charge on any atom is 0.246 e. The second-order valence-corrected chi connectivity index (χ2v) is 8.43. The summed E-state index contributed by atoms with van der Waals surface area (Å²) in [4.78, 5) is 35.4. The van der Waals surface area contributed by atoms with Crippen LogP contribution in [0, 0.1) is 5.82 Å². The molecule has 0 unspecified atom stereocenters. The van der Waals surface area contributed by atoms with E-state index in [4.69, 9.17) is 4.74 Å². The molecule has 3 heterocycles. The number of anilines is 3. The third-order valence-electron chi connectivity index (χ3n) is 5.87. The van der Waals surface area contributed by atoms with Crippen LogP contribution in [-0.4, -0.2) is 76.8 Å². The first kappa shape index (κ1) is 23.6. The van der Waals surface area contributed by atoms with Gasteiger partial charge in [-0.05, 0) is 31.1 Å². The van der Waals surface area contributed by atoms with Crippen molar-refractivity contribution in [2.24, 2.45) is 0 Å². The van der Waals surface area contributed by atoms with E-state index < -0.39 is 5.82 Å². The monoisotopic (exact) mass is 468 g/mol. The van der Waals surface area contributed by atoms with E-state index in [1.54, 1.807) is 4.90 Å². The summed E-state index contributed by atoms with van der Waals surface area (Å²) < 4.78 is 20.2. The van der Waals surface area contributed by atoms with Crippen molar-refractivity contribution in [2.75, 3.05) is 50.0 Å². The minimum Gasteiger partial charge on any atom is -0.492 e. The zero-order chi connectivity index (χ0) is 23.9. The number of nitrogens with one attached hydrogen (secondary N) is 2. The summed E-state index contributed by atoms with van der Waals surface area (Å²) >= 11 is 0. The third-order valence-corrected chi connectivity index (χ3v) is 5.87. The Morgan fingerprint density at radius 1 is 1.35 bits per heavy atom. The predicted octanol–water partition coefficient (Wildman–Crippen LogP) is 2.60. The topological polar surface area (TPSA) is 99.7 Å². The van der Waals surface area contributed by atoms with Gasteiger partial charge in [-0.15, -0.1) is 0 Å². The number of amides is 1. The van der Waals surface area contributed by atoms with Crippen LogP contribution in [0.25, 0.3) is 0 Å². The number of benzene rings is 1. The zero-order valence-electron chi connectivity index (χ0n) is 19.0. The molecule has 10 heteroatoms. The van der Waals surface area contributed by atoms with Gasteiger partial charge in [0, 0.05) is 50.4 Å². The quantitative estimate of drug-likeness (QED) is 0.542. The van der Waals surface area contributed by atoms with Crippen molar-refractivity contribution in [1.29, 1.82) is 0 Å². The first-order chi connectivity index (χ1) is 16.5. The number of ether oxygens (including phenoxy) is 1. The van der Waals surface area contributed by atoms with Gasteiger partial charge in [-0.3, -0.25) is 14.5 Å². The van der Waals surface area contributed by atoms with Gasteiger partial charge in [0.25, 0.3) is 0 Å². The van der Waals surface area contributed by atoms with E-state index in [0.717, 1.165) is 25.6 Å². The van der Waals surface area contributed by atoms with Crippen LogP contribution in [0.1, 0.15) is 19.3 Å². The highest BCUT2D eigenvalue weighted by molar-refractivity contribution is 5.87. The van der Waals surface area contributed by atoms with Gasteiger partial charge < -0.3 is 20.3 Å². The zero-order valence-corrected chi connectivity index (χ0v) is 19.0. The van der Waals surface area contributed by atoms with Gasteiger partial charge in [-0.1, -0.05) is 12.6 Å². The Morgan fingerprint density at radius 2 is 2.24 bits per heavy atom. The van der Waals surface area contributed by atoms with Crippen molar-refractivity contribution >= 4 is 29.1 Å². The first-order valence-electron chi connectivity index (χ1n) is 11.4. The summed E-state index contributed by atoms with van der Waals surface area (Å²) in [6.07, 6.45) is 4.64. The summed E-state index contributed by atoms with van der Waals surface area (Å²) in [7, 11) is 0. The van der Waals surface area contributed by atoms with Gasteiger partial charge in [0.05, 0.1) is 12.7 Å². The molecule has 4 rings (SSSR count). The molecule has 1 amide bonds. The lowest BCUT2D eigenvalue weighted by Gasteiger charge is -2.32. The highest BCUT2D eigenvalue weighted by Gasteiger charge is 2.23. The molecular weight excluding hydrogens is 439 g/mol. The van der Waals surface area contributed by atoms with Crippen LogP contribution in [0.3, 0.4) is 0 Å². The van der Waals surface area contributed by atoms with Gasteiger partial charge in [0.1, 0.15) is 18.1 Å². The van der Waals surface area contributed by atoms with E-state index >= 15 is 0 Å². The number of hydrogen-bond acceptors (Lipinski definition) is 8. The van der Waals surface area contributed by atoms with Crippen LogP contribution in [0.2, 0.25) is 0 Å². The van der Waals surface area contributed by atoms with E-state index in [-0.39, 0.29) is 29.5 Å². The molecule has 2 aliphatic rings. The summed E-state index contributed by atoms with van der Waals surface area (Å²) in [6.45, 7) is 7.10. The predicted molar refractivity (Wildman–Crippen MR) is 127 cm³/mol. The Labute approximate surface area is 198 Å². The van der Waals surface area contributed by atoms with E-state index in [1.165, 1.54) is 6.08 Å². The number of rotatable bonds is 9. The number of Topliss-reactive ketones (excluding diaryl/α,β-unsaturated/α-hetero) is 1. The number of piperidine rings is 1. The number of aromatic nitrogens is 2. The smallest absolute Gasteiger partial charge is 0.246 e. The SMILES string of the molecule is C=CC(=O)N1CCC[C@@H](Nc2nc(Nc3cccc(OCCN4CCC(=O)C4)c3)ncc2F)C1. The molecule has 0 radical (unpaired) electrons. The van der Waals surface area contributed by atoms with Gasteiger partial charge in [-0.2, -0.15) is 4.98 Å². The van der Waals surface area contributed by atoms with Crippen molar-refractivity contribution in [3.05, 3.63) is 48.9 Å². The van der Waals surface area contributed by atoms with Crippen LogP contribution in [0.5, 0.6) is 5.75 Å². The maximum absolute atomic E-state index is 14.4. The van der Waals surface area contributed by atoms with E-state index in [0.29, 0.717) is 50.6 Å². The van der Waals surface area contributed by atoms with Crippen molar-refractivity contribution in [2.45, 2.75) is 25.3 Å². The second-order valence-electron chi connectivity index (χ2n) is 8.43. The molecular formula is C24H29FN6O3. The number of carbonyl (C=O) groups is 2. The van der Waals surface area contributed by atoms with Crippen LogP contribution in [-0.2, 0) is 9.59 Å². The number of likely N-dealkylation sites (tertiary alicyclic amines) is 2. The van der Waals surface area contributed by atoms with Crippen molar-refractivity contribution < 1.29 is 18.7 Å². The number of ketones is 1. The Balaban J connectivity index is 1.34. The summed E-state index contributed by atoms with van der Waals surface area (Å²) in [6, 6.07) is 7.23. The molecule has 2 aliphatic heterocycles. The number of carbonyl (C=O) groups excluding carboxylic acids is 2. The Morgan fingerprint density at radius 3 is 3.03 bits per heavy atom. The lowest BCUT2D eigenvalue weighted by Crippen LogP contribution is -2.44. The van der Waals surface area contributed by atoms with Crippen LogP contribution in [0.4, 0.5) is 21.8 Å². The lowest BCUT2D eigenvalue weighted by atomic mass is 10.1. The average Bonchev–Trinajstić information content (AvgIpc) is 3.26. The molecule has 1 aromatic carbocycles. The fourth-order valence-electron chi connectivity index (χ4n) is 4.11. The maximum atomic E-state index is 14.4. The van der Waals surface area contributed by atoms with Gasteiger partial charge in [0.2, 0.25) is 11.9 Å². The second kappa shape index (κ2) is 11.1. The average molecular weight is 469 g/mol. The van der Waals surface area contributed by atoms with Crippen LogP contribution >= 0.6 is 0 Å². The molecule has 0 aliphatic carbocycles. The number of halogens is 1. The molecule has 2 aromatic rings. The Kier molecular flexibility index (Phi) is 7.69. The summed E-state index contributed by atoms with van der Waals surface area (Å²) in [5, 5.41) is 6.19. The van der Waals surface area contributed by atoms with Crippen LogP contribution in [0.15, 0.2) is 43.1 Å². The van der Waals surface area contributed by atoms with Gasteiger partial charge in [0.15, 0.2) is 11.6 Å².